The van der Waals surface area contributed by atoms with E-state index in [1.807, 2.05) is 0 Å². The van der Waals surface area contributed by atoms with E-state index in [1.54, 1.807) is 18.2 Å². The van der Waals surface area contributed by atoms with Crippen LogP contribution in [-0.2, 0) is 13.2 Å². The highest BCUT2D eigenvalue weighted by atomic mass is 79.9. The van der Waals surface area contributed by atoms with Crippen LogP contribution in [0.3, 0.4) is 0 Å². The van der Waals surface area contributed by atoms with Gasteiger partial charge in [-0.2, -0.15) is 13.2 Å². The molecular weight excluding hydrogens is 325 g/mol. The fourth-order valence-corrected chi connectivity index (χ4v) is 2.33. The predicted octanol–water partition coefficient (Wildman–Crippen LogP) is 3.88. The third kappa shape index (κ3) is 2.60. The molecule has 7 heteroatoms. The summed E-state index contributed by atoms with van der Waals surface area (Å²) >= 11 is 3.26. The van der Waals surface area contributed by atoms with E-state index in [1.165, 1.54) is 18.7 Å². The average Bonchev–Trinajstić information content (AvgIpc) is 2.70. The van der Waals surface area contributed by atoms with Gasteiger partial charge in [-0.05, 0) is 34.1 Å². The molecule has 0 aliphatic rings. The number of halogens is 4. The van der Waals surface area contributed by atoms with Crippen LogP contribution in [0.1, 0.15) is 5.69 Å². The molecule has 19 heavy (non-hydrogen) atoms. The molecule has 0 bridgehead atoms. The highest BCUT2D eigenvalue weighted by Crippen LogP contribution is 2.38. The summed E-state index contributed by atoms with van der Waals surface area (Å²) in [5.74, 6) is 0.555. The summed E-state index contributed by atoms with van der Waals surface area (Å²) in [5, 5.41) is 0. The van der Waals surface area contributed by atoms with Gasteiger partial charge in [0, 0.05) is 12.6 Å². The third-order valence-electron chi connectivity index (χ3n) is 2.63. The molecule has 0 saturated heterocycles. The fourth-order valence-electron chi connectivity index (χ4n) is 1.79. The largest absolute Gasteiger partial charge is 0.496 e. The molecule has 0 atom stereocenters. The summed E-state index contributed by atoms with van der Waals surface area (Å²) in [6, 6.07) is 4.74. The average molecular weight is 335 g/mol. The van der Waals surface area contributed by atoms with E-state index in [0.29, 0.717) is 15.8 Å². The summed E-state index contributed by atoms with van der Waals surface area (Å²) in [7, 11) is 3.01. The molecule has 3 nitrogen and oxygen atoms in total. The van der Waals surface area contributed by atoms with Crippen LogP contribution in [0.5, 0.6) is 5.75 Å². The SMILES string of the molecule is COc1ccc(-c2c(C(F)(F)F)ncn2C)cc1Br. The van der Waals surface area contributed by atoms with Crippen LogP contribution >= 0.6 is 15.9 Å². The summed E-state index contributed by atoms with van der Waals surface area (Å²) in [4.78, 5) is 3.43. The van der Waals surface area contributed by atoms with Crippen molar-refractivity contribution < 1.29 is 17.9 Å². The summed E-state index contributed by atoms with van der Waals surface area (Å²) in [6.07, 6.45) is -3.33. The molecule has 0 radical (unpaired) electrons. The topological polar surface area (TPSA) is 27.1 Å². The zero-order chi connectivity index (χ0) is 14.2. The second kappa shape index (κ2) is 4.88. The number of alkyl halides is 3. The van der Waals surface area contributed by atoms with Crippen molar-refractivity contribution in [3.8, 4) is 17.0 Å². The maximum Gasteiger partial charge on any atom is 0.435 e. The monoisotopic (exact) mass is 334 g/mol. The van der Waals surface area contributed by atoms with Gasteiger partial charge in [0.15, 0.2) is 5.69 Å². The molecule has 1 aromatic heterocycles. The van der Waals surface area contributed by atoms with Crippen molar-refractivity contribution in [3.05, 3.63) is 34.7 Å². The van der Waals surface area contributed by atoms with Crippen LogP contribution in [-0.4, -0.2) is 16.7 Å². The Hall–Kier alpha value is -1.50. The van der Waals surface area contributed by atoms with Crippen molar-refractivity contribution in [2.75, 3.05) is 7.11 Å². The van der Waals surface area contributed by atoms with Crippen LogP contribution in [0.25, 0.3) is 11.3 Å². The molecule has 102 valence electrons. The molecular formula is C12H10BrF3N2O. The molecule has 0 saturated carbocycles. The second-order valence-electron chi connectivity index (χ2n) is 3.90. The molecule has 0 aliphatic carbocycles. The number of methoxy groups -OCH3 is 1. The third-order valence-corrected chi connectivity index (χ3v) is 3.25. The fraction of sp³-hybridized carbons (Fsp3) is 0.250. The number of aryl methyl sites for hydroxylation is 1. The molecule has 0 unspecified atom stereocenters. The van der Waals surface area contributed by atoms with E-state index in [-0.39, 0.29) is 5.69 Å². The standard InChI is InChI=1S/C12H10BrF3N2O/c1-18-6-17-11(12(14,15)16)10(18)7-3-4-9(19-2)8(13)5-7/h3-6H,1-2H3. The van der Waals surface area contributed by atoms with Crippen molar-refractivity contribution in [2.24, 2.45) is 7.05 Å². The maximum atomic E-state index is 12.9. The van der Waals surface area contributed by atoms with Gasteiger partial charge in [-0.25, -0.2) is 4.98 Å². The van der Waals surface area contributed by atoms with E-state index in [4.69, 9.17) is 4.74 Å². The lowest BCUT2D eigenvalue weighted by atomic mass is 10.1. The Labute approximate surface area is 116 Å². The van der Waals surface area contributed by atoms with E-state index in [2.05, 4.69) is 20.9 Å². The Kier molecular flexibility index (Phi) is 3.58. The number of hydrogen-bond donors (Lipinski definition) is 0. The first kappa shape index (κ1) is 13.9. The van der Waals surface area contributed by atoms with Gasteiger partial charge in [-0.3, -0.25) is 0 Å². The normalized spacial score (nSPS) is 11.7. The van der Waals surface area contributed by atoms with Gasteiger partial charge in [-0.1, -0.05) is 0 Å². The lowest BCUT2D eigenvalue weighted by Crippen LogP contribution is -2.08. The molecule has 0 spiro atoms. The van der Waals surface area contributed by atoms with E-state index in [0.717, 1.165) is 6.33 Å². The van der Waals surface area contributed by atoms with Crippen LogP contribution in [0.4, 0.5) is 13.2 Å². The Balaban J connectivity index is 2.59. The smallest absolute Gasteiger partial charge is 0.435 e. The molecule has 0 amide bonds. The summed E-state index contributed by atoms with van der Waals surface area (Å²) < 4.78 is 45.6. The van der Waals surface area contributed by atoms with Gasteiger partial charge in [0.05, 0.1) is 23.6 Å². The highest BCUT2D eigenvalue weighted by Gasteiger charge is 2.37. The predicted molar refractivity (Wildman–Crippen MR) is 67.9 cm³/mol. The van der Waals surface area contributed by atoms with Gasteiger partial charge in [0.1, 0.15) is 5.75 Å². The molecule has 1 heterocycles. The number of nitrogens with zero attached hydrogens (tertiary/aromatic N) is 2. The summed E-state index contributed by atoms with van der Waals surface area (Å²) in [6.45, 7) is 0. The number of rotatable bonds is 2. The van der Waals surface area contributed by atoms with Gasteiger partial charge < -0.3 is 9.30 Å². The van der Waals surface area contributed by atoms with Crippen molar-refractivity contribution in [1.82, 2.24) is 9.55 Å². The zero-order valence-electron chi connectivity index (χ0n) is 10.1. The molecule has 0 N–H and O–H groups in total. The minimum absolute atomic E-state index is 0.0239. The van der Waals surface area contributed by atoms with Crippen molar-refractivity contribution in [3.63, 3.8) is 0 Å². The molecule has 2 rings (SSSR count). The van der Waals surface area contributed by atoms with Crippen molar-refractivity contribution in [1.29, 1.82) is 0 Å². The van der Waals surface area contributed by atoms with Crippen molar-refractivity contribution in [2.45, 2.75) is 6.18 Å². The maximum absolute atomic E-state index is 12.9. The van der Waals surface area contributed by atoms with E-state index in [9.17, 15) is 13.2 Å². The van der Waals surface area contributed by atoms with Gasteiger partial charge >= 0.3 is 6.18 Å². The van der Waals surface area contributed by atoms with Gasteiger partial charge in [0.25, 0.3) is 0 Å². The van der Waals surface area contributed by atoms with Crippen LogP contribution in [0, 0.1) is 0 Å². The molecule has 0 fully saturated rings. The van der Waals surface area contributed by atoms with E-state index >= 15 is 0 Å². The lowest BCUT2D eigenvalue weighted by Gasteiger charge is -2.11. The first-order chi connectivity index (χ1) is 8.84. The first-order valence-electron chi connectivity index (χ1n) is 5.27. The number of aromatic nitrogens is 2. The van der Waals surface area contributed by atoms with Crippen LogP contribution < -0.4 is 4.74 Å². The van der Waals surface area contributed by atoms with Gasteiger partial charge in [-0.15, -0.1) is 0 Å². The summed E-state index contributed by atoms with van der Waals surface area (Å²) in [5.41, 5.74) is -0.456. The Bertz CT molecular complexity index is 608. The molecule has 0 aliphatic heterocycles. The number of benzene rings is 1. The molecule has 1 aromatic carbocycles. The van der Waals surface area contributed by atoms with Crippen LogP contribution in [0.15, 0.2) is 29.0 Å². The van der Waals surface area contributed by atoms with Crippen LogP contribution in [0.2, 0.25) is 0 Å². The number of imidazole rings is 1. The van der Waals surface area contributed by atoms with Gasteiger partial charge in [0.2, 0.25) is 0 Å². The minimum Gasteiger partial charge on any atom is -0.496 e. The Morgan fingerprint density at radius 2 is 2.00 bits per heavy atom. The molecule has 2 aromatic rings. The highest BCUT2D eigenvalue weighted by molar-refractivity contribution is 9.10. The second-order valence-corrected chi connectivity index (χ2v) is 4.75. The first-order valence-corrected chi connectivity index (χ1v) is 6.06. The zero-order valence-corrected chi connectivity index (χ0v) is 11.7. The van der Waals surface area contributed by atoms with E-state index < -0.39 is 11.9 Å². The number of hydrogen-bond acceptors (Lipinski definition) is 2. The Morgan fingerprint density at radius 1 is 1.32 bits per heavy atom. The minimum atomic E-state index is -4.48. The quantitative estimate of drug-likeness (QED) is 0.833. The Morgan fingerprint density at radius 3 is 2.53 bits per heavy atom. The van der Waals surface area contributed by atoms with Crippen molar-refractivity contribution >= 4 is 15.9 Å². The number of ether oxygens (including phenoxy) is 1. The lowest BCUT2D eigenvalue weighted by molar-refractivity contribution is -0.140.